The molecule has 1 fully saturated rings. The predicted molar refractivity (Wildman–Crippen MR) is 116 cm³/mol. The maximum absolute atomic E-state index is 12.4. The van der Waals surface area contributed by atoms with Crippen LogP contribution < -0.4 is 10.6 Å². The van der Waals surface area contributed by atoms with Gasteiger partial charge in [0.15, 0.2) is 5.17 Å². The normalized spacial score (nSPS) is 18.9. The van der Waals surface area contributed by atoms with Gasteiger partial charge in [0, 0.05) is 36.8 Å². The number of carbonyl (C=O) groups excluding carboxylic acids is 3. The van der Waals surface area contributed by atoms with Crippen LogP contribution in [0.4, 0.5) is 5.69 Å². The monoisotopic (exact) mass is 416 g/mol. The van der Waals surface area contributed by atoms with Crippen molar-refractivity contribution in [2.24, 2.45) is 4.99 Å². The van der Waals surface area contributed by atoms with Gasteiger partial charge < -0.3 is 15.5 Å². The number of carbonyl (C=O) groups is 3. The number of nitrogens with zero attached hydrogens (tertiary/aromatic N) is 2. The summed E-state index contributed by atoms with van der Waals surface area (Å²) in [6, 6.07) is 6.95. The molecule has 0 aromatic heterocycles. The fourth-order valence-corrected chi connectivity index (χ4v) is 4.52. The van der Waals surface area contributed by atoms with Gasteiger partial charge in [-0.25, -0.2) is 0 Å². The lowest BCUT2D eigenvalue weighted by Gasteiger charge is -2.16. The van der Waals surface area contributed by atoms with Crippen molar-refractivity contribution in [3.05, 3.63) is 29.8 Å². The number of benzene rings is 1. The highest BCUT2D eigenvalue weighted by Gasteiger charge is 2.33. The molecule has 0 saturated carbocycles. The summed E-state index contributed by atoms with van der Waals surface area (Å²) in [7, 11) is 0. The average molecular weight is 417 g/mol. The van der Waals surface area contributed by atoms with Gasteiger partial charge in [0.25, 0.3) is 11.8 Å². The average Bonchev–Trinajstić information content (AvgIpc) is 3.37. The van der Waals surface area contributed by atoms with Gasteiger partial charge >= 0.3 is 0 Å². The van der Waals surface area contributed by atoms with Crippen LogP contribution in [0.3, 0.4) is 0 Å². The molecule has 2 heterocycles. The first-order valence-corrected chi connectivity index (χ1v) is 11.1. The Balaban J connectivity index is 1.49. The molecule has 1 aromatic carbocycles. The Labute approximate surface area is 175 Å². The van der Waals surface area contributed by atoms with Gasteiger partial charge in [-0.3, -0.25) is 14.4 Å². The van der Waals surface area contributed by atoms with Crippen LogP contribution in [0, 0.1) is 0 Å². The quantitative estimate of drug-likeness (QED) is 0.713. The first-order chi connectivity index (χ1) is 14.0. The molecule has 1 unspecified atom stereocenters. The number of hydrogen-bond donors (Lipinski definition) is 2. The van der Waals surface area contributed by atoms with Gasteiger partial charge in [-0.2, -0.15) is 4.99 Å². The van der Waals surface area contributed by atoms with E-state index in [0.29, 0.717) is 11.3 Å². The second-order valence-corrected chi connectivity index (χ2v) is 8.52. The molecule has 0 radical (unpaired) electrons. The second kappa shape index (κ2) is 9.91. The number of rotatable bonds is 7. The molecule has 3 amide bonds. The summed E-state index contributed by atoms with van der Waals surface area (Å²) >= 11 is 1.38. The van der Waals surface area contributed by atoms with Crippen molar-refractivity contribution in [3.8, 4) is 0 Å². The molecule has 2 aliphatic rings. The largest absolute Gasteiger partial charge is 0.351 e. The number of nitrogens with one attached hydrogen (secondary N) is 2. The minimum Gasteiger partial charge on any atom is -0.351 e. The third kappa shape index (κ3) is 5.59. The lowest BCUT2D eigenvalue weighted by Crippen LogP contribution is -2.33. The standard InChI is InChI=1S/C21H28N4O3S/c1-3-15(4-2)23-19(27)14-7-9-16(10-8-14)22-18(26)13-17-20(28)24-21(29-17)25-11-5-6-12-25/h7-10,15,17H,3-6,11-13H2,1-2H3,(H,22,26)(H,23,27). The number of amidine groups is 1. The Morgan fingerprint density at radius 2 is 1.83 bits per heavy atom. The van der Waals surface area contributed by atoms with E-state index in [-0.39, 0.29) is 30.2 Å². The maximum Gasteiger partial charge on any atom is 0.262 e. The molecular weight excluding hydrogens is 388 g/mol. The van der Waals surface area contributed by atoms with E-state index in [1.165, 1.54) is 11.8 Å². The molecule has 3 rings (SSSR count). The van der Waals surface area contributed by atoms with E-state index < -0.39 is 5.25 Å². The first kappa shape index (κ1) is 21.4. The zero-order valence-electron chi connectivity index (χ0n) is 16.9. The zero-order chi connectivity index (χ0) is 20.8. The van der Waals surface area contributed by atoms with E-state index in [9.17, 15) is 14.4 Å². The molecule has 0 spiro atoms. The Bertz CT molecular complexity index is 784. The highest BCUT2D eigenvalue weighted by molar-refractivity contribution is 8.15. The minimum absolute atomic E-state index is 0.0846. The third-order valence-electron chi connectivity index (χ3n) is 5.23. The molecule has 29 heavy (non-hydrogen) atoms. The van der Waals surface area contributed by atoms with Crippen LogP contribution in [-0.2, 0) is 9.59 Å². The number of anilines is 1. The molecule has 2 N–H and O–H groups in total. The number of aliphatic imine (C=N–C) groups is 1. The van der Waals surface area contributed by atoms with Crippen LogP contribution in [0.25, 0.3) is 0 Å². The summed E-state index contributed by atoms with van der Waals surface area (Å²) < 4.78 is 0. The minimum atomic E-state index is -0.462. The topological polar surface area (TPSA) is 90.9 Å². The Kier molecular flexibility index (Phi) is 7.30. The molecule has 1 atom stereocenters. The first-order valence-electron chi connectivity index (χ1n) is 10.2. The van der Waals surface area contributed by atoms with Crippen LogP contribution in [0.1, 0.15) is 56.3 Å². The van der Waals surface area contributed by atoms with Gasteiger partial charge in [0.05, 0.1) is 0 Å². The molecule has 156 valence electrons. The fraction of sp³-hybridized carbons (Fsp3) is 0.524. The Morgan fingerprint density at radius 3 is 2.45 bits per heavy atom. The Morgan fingerprint density at radius 1 is 1.17 bits per heavy atom. The maximum atomic E-state index is 12.4. The molecule has 0 aliphatic carbocycles. The van der Waals surface area contributed by atoms with Crippen molar-refractivity contribution in [2.75, 3.05) is 18.4 Å². The molecule has 2 aliphatic heterocycles. The van der Waals surface area contributed by atoms with Gasteiger partial charge in [-0.15, -0.1) is 0 Å². The number of thioether (sulfide) groups is 1. The lowest BCUT2D eigenvalue weighted by molar-refractivity contribution is -0.121. The zero-order valence-corrected chi connectivity index (χ0v) is 17.8. The van der Waals surface area contributed by atoms with Gasteiger partial charge in [0.1, 0.15) is 5.25 Å². The molecule has 1 aromatic rings. The van der Waals surface area contributed by atoms with Crippen LogP contribution in [-0.4, -0.2) is 52.2 Å². The van der Waals surface area contributed by atoms with Crippen molar-refractivity contribution in [2.45, 2.75) is 57.2 Å². The van der Waals surface area contributed by atoms with Crippen LogP contribution >= 0.6 is 11.8 Å². The smallest absolute Gasteiger partial charge is 0.262 e. The van der Waals surface area contributed by atoms with Crippen molar-refractivity contribution in [1.29, 1.82) is 0 Å². The second-order valence-electron chi connectivity index (χ2n) is 7.35. The molecule has 7 nitrogen and oxygen atoms in total. The summed E-state index contributed by atoms with van der Waals surface area (Å²) in [5.74, 6) is -0.584. The van der Waals surface area contributed by atoms with Gasteiger partial charge in [-0.1, -0.05) is 25.6 Å². The van der Waals surface area contributed by atoms with E-state index in [1.54, 1.807) is 24.3 Å². The van der Waals surface area contributed by atoms with E-state index >= 15 is 0 Å². The van der Waals surface area contributed by atoms with Crippen LogP contribution in [0.15, 0.2) is 29.3 Å². The van der Waals surface area contributed by atoms with Crippen molar-refractivity contribution in [1.82, 2.24) is 10.2 Å². The van der Waals surface area contributed by atoms with Gasteiger partial charge in [-0.05, 0) is 49.9 Å². The number of hydrogen-bond acceptors (Lipinski definition) is 5. The lowest BCUT2D eigenvalue weighted by atomic mass is 10.1. The fourth-order valence-electron chi connectivity index (χ4n) is 3.40. The number of amides is 3. The van der Waals surface area contributed by atoms with E-state index in [4.69, 9.17) is 0 Å². The summed E-state index contributed by atoms with van der Waals surface area (Å²) in [6.45, 7) is 5.93. The molecular formula is C21H28N4O3S. The van der Waals surface area contributed by atoms with E-state index in [2.05, 4.69) is 20.5 Å². The SMILES string of the molecule is CCC(CC)NC(=O)c1ccc(NC(=O)CC2SC(N3CCCC3)=NC2=O)cc1. The highest BCUT2D eigenvalue weighted by Crippen LogP contribution is 2.29. The predicted octanol–water partition coefficient (Wildman–Crippen LogP) is 3.03. The summed E-state index contributed by atoms with van der Waals surface area (Å²) in [5.41, 5.74) is 1.16. The van der Waals surface area contributed by atoms with Crippen LogP contribution in [0.5, 0.6) is 0 Å². The molecule has 0 bridgehead atoms. The highest BCUT2D eigenvalue weighted by atomic mass is 32.2. The third-order valence-corrected chi connectivity index (χ3v) is 6.44. The van der Waals surface area contributed by atoms with Crippen LogP contribution in [0.2, 0.25) is 0 Å². The van der Waals surface area contributed by atoms with Gasteiger partial charge in [0.2, 0.25) is 5.91 Å². The Hall–Kier alpha value is -2.35. The summed E-state index contributed by atoms with van der Waals surface area (Å²) in [5, 5.41) is 6.08. The molecule has 8 heteroatoms. The van der Waals surface area contributed by atoms with Crippen molar-refractivity contribution >= 4 is 40.3 Å². The van der Waals surface area contributed by atoms with E-state index in [1.807, 2.05) is 13.8 Å². The summed E-state index contributed by atoms with van der Waals surface area (Å²) in [6.07, 6.45) is 4.09. The van der Waals surface area contributed by atoms with Crippen molar-refractivity contribution in [3.63, 3.8) is 0 Å². The van der Waals surface area contributed by atoms with Crippen molar-refractivity contribution < 1.29 is 14.4 Å². The molecule has 1 saturated heterocycles. The number of likely N-dealkylation sites (tertiary alicyclic amines) is 1. The summed E-state index contributed by atoms with van der Waals surface area (Å²) in [4.78, 5) is 43.0. The van der Waals surface area contributed by atoms with E-state index in [0.717, 1.165) is 43.9 Å².